The first kappa shape index (κ1) is 20.5. The van der Waals surface area contributed by atoms with Crippen LogP contribution in [-0.4, -0.2) is 49.2 Å². The van der Waals surface area contributed by atoms with Gasteiger partial charge in [0.05, 0.1) is 11.2 Å². The van der Waals surface area contributed by atoms with E-state index in [0.717, 1.165) is 5.56 Å². The summed E-state index contributed by atoms with van der Waals surface area (Å²) < 4.78 is 31.8. The van der Waals surface area contributed by atoms with Gasteiger partial charge in [0.2, 0.25) is 15.9 Å². The SMILES string of the molecule is CCNC(=O)C1(Cc2cc(-c3ccccc3)no2)CCCN(S(=O)(=O)CC)C1. The lowest BCUT2D eigenvalue weighted by Crippen LogP contribution is -2.54. The average molecular weight is 406 g/mol. The number of amides is 1. The highest BCUT2D eigenvalue weighted by molar-refractivity contribution is 7.89. The Morgan fingerprint density at radius 2 is 2.04 bits per heavy atom. The van der Waals surface area contributed by atoms with Crippen LogP contribution in [0.15, 0.2) is 40.9 Å². The zero-order valence-corrected chi connectivity index (χ0v) is 17.2. The summed E-state index contributed by atoms with van der Waals surface area (Å²) in [5, 5.41) is 7.02. The van der Waals surface area contributed by atoms with Crippen molar-refractivity contribution in [2.45, 2.75) is 33.1 Å². The largest absolute Gasteiger partial charge is 0.361 e. The smallest absolute Gasteiger partial charge is 0.228 e. The Morgan fingerprint density at radius 1 is 1.29 bits per heavy atom. The Balaban J connectivity index is 1.89. The van der Waals surface area contributed by atoms with Crippen LogP contribution in [0.5, 0.6) is 0 Å². The number of rotatable bonds is 7. The van der Waals surface area contributed by atoms with E-state index in [1.165, 1.54) is 4.31 Å². The van der Waals surface area contributed by atoms with Gasteiger partial charge in [0.15, 0.2) is 0 Å². The van der Waals surface area contributed by atoms with Gasteiger partial charge in [-0.05, 0) is 26.7 Å². The van der Waals surface area contributed by atoms with Crippen molar-refractivity contribution in [1.29, 1.82) is 0 Å². The Labute approximate surface area is 166 Å². The van der Waals surface area contributed by atoms with Crippen LogP contribution in [0.2, 0.25) is 0 Å². The highest BCUT2D eigenvalue weighted by atomic mass is 32.2. The third kappa shape index (κ3) is 4.28. The van der Waals surface area contributed by atoms with Crippen LogP contribution in [-0.2, 0) is 21.2 Å². The molecule has 1 aromatic heterocycles. The Bertz CT molecular complexity index is 911. The number of nitrogens with one attached hydrogen (secondary N) is 1. The number of benzene rings is 1. The van der Waals surface area contributed by atoms with Crippen molar-refractivity contribution < 1.29 is 17.7 Å². The van der Waals surface area contributed by atoms with Crippen molar-refractivity contribution in [2.24, 2.45) is 5.41 Å². The van der Waals surface area contributed by atoms with Crippen LogP contribution in [0, 0.1) is 5.41 Å². The lowest BCUT2D eigenvalue weighted by molar-refractivity contribution is -0.133. The van der Waals surface area contributed by atoms with Gasteiger partial charge in [0.1, 0.15) is 11.5 Å². The van der Waals surface area contributed by atoms with Gasteiger partial charge in [-0.3, -0.25) is 4.79 Å². The summed E-state index contributed by atoms with van der Waals surface area (Å²) in [5.74, 6) is 0.475. The van der Waals surface area contributed by atoms with Crippen LogP contribution in [0.4, 0.5) is 0 Å². The molecule has 1 aliphatic rings. The van der Waals surface area contributed by atoms with E-state index >= 15 is 0 Å². The minimum atomic E-state index is -3.36. The molecule has 2 heterocycles. The van der Waals surface area contributed by atoms with Gasteiger partial charge < -0.3 is 9.84 Å². The van der Waals surface area contributed by atoms with Crippen molar-refractivity contribution in [3.8, 4) is 11.3 Å². The van der Waals surface area contributed by atoms with E-state index in [2.05, 4.69) is 10.5 Å². The van der Waals surface area contributed by atoms with Crippen molar-refractivity contribution >= 4 is 15.9 Å². The zero-order valence-electron chi connectivity index (χ0n) is 16.3. The van der Waals surface area contributed by atoms with Gasteiger partial charge in [-0.25, -0.2) is 12.7 Å². The predicted molar refractivity (Wildman–Crippen MR) is 107 cm³/mol. The van der Waals surface area contributed by atoms with Gasteiger partial charge in [-0.1, -0.05) is 35.5 Å². The molecule has 3 rings (SSSR count). The van der Waals surface area contributed by atoms with E-state index in [-0.39, 0.29) is 18.2 Å². The number of carbonyl (C=O) groups is 1. The fourth-order valence-corrected chi connectivity index (χ4v) is 4.96. The topological polar surface area (TPSA) is 92.5 Å². The molecule has 28 heavy (non-hydrogen) atoms. The van der Waals surface area contributed by atoms with Gasteiger partial charge in [-0.15, -0.1) is 0 Å². The fraction of sp³-hybridized carbons (Fsp3) is 0.500. The molecule has 152 valence electrons. The van der Waals surface area contributed by atoms with Crippen molar-refractivity contribution in [1.82, 2.24) is 14.8 Å². The highest BCUT2D eigenvalue weighted by Gasteiger charge is 2.45. The van der Waals surface area contributed by atoms with Crippen molar-refractivity contribution in [3.63, 3.8) is 0 Å². The van der Waals surface area contributed by atoms with Gasteiger partial charge in [-0.2, -0.15) is 0 Å². The maximum atomic E-state index is 13.0. The molecular weight excluding hydrogens is 378 g/mol. The summed E-state index contributed by atoms with van der Waals surface area (Å²) in [4.78, 5) is 13.0. The lowest BCUT2D eigenvalue weighted by Gasteiger charge is -2.40. The molecule has 1 atom stereocenters. The molecule has 1 aromatic carbocycles. The third-order valence-corrected chi connectivity index (χ3v) is 7.09. The van der Waals surface area contributed by atoms with Crippen LogP contribution >= 0.6 is 0 Å². The molecule has 2 aromatic rings. The molecular formula is C20H27N3O4S. The summed E-state index contributed by atoms with van der Waals surface area (Å²) in [6.45, 7) is 4.59. The van der Waals surface area contributed by atoms with Crippen molar-refractivity contribution in [3.05, 3.63) is 42.2 Å². The fourth-order valence-electron chi connectivity index (χ4n) is 3.74. The number of hydrogen-bond donors (Lipinski definition) is 1. The van der Waals surface area contributed by atoms with E-state index in [1.807, 2.05) is 43.3 Å². The number of sulfonamides is 1. The lowest BCUT2D eigenvalue weighted by atomic mass is 9.76. The number of nitrogens with zero attached hydrogens (tertiary/aromatic N) is 2. The van der Waals surface area contributed by atoms with Crippen LogP contribution in [0.25, 0.3) is 11.3 Å². The quantitative estimate of drug-likeness (QED) is 0.764. The Hall–Kier alpha value is -2.19. The van der Waals surface area contributed by atoms with E-state index in [4.69, 9.17) is 4.52 Å². The molecule has 1 amide bonds. The first-order valence-corrected chi connectivity index (χ1v) is 11.3. The number of hydrogen-bond acceptors (Lipinski definition) is 5. The molecule has 0 bridgehead atoms. The minimum Gasteiger partial charge on any atom is -0.361 e. The molecule has 1 unspecified atom stereocenters. The van der Waals surface area contributed by atoms with E-state index in [1.54, 1.807) is 6.92 Å². The molecule has 0 radical (unpaired) electrons. The third-order valence-electron chi connectivity index (χ3n) is 5.26. The Morgan fingerprint density at radius 3 is 2.71 bits per heavy atom. The summed E-state index contributed by atoms with van der Waals surface area (Å²) >= 11 is 0. The zero-order chi connectivity index (χ0) is 20.2. The Kier molecular flexibility index (Phi) is 6.20. The monoisotopic (exact) mass is 405 g/mol. The summed E-state index contributed by atoms with van der Waals surface area (Å²) in [5.41, 5.74) is 0.781. The standard InChI is InChI=1S/C20H27N3O4S/c1-3-21-19(24)20(11-8-12-23(15-20)28(25,26)4-2)14-17-13-18(22-27-17)16-9-6-5-7-10-16/h5-7,9-10,13H,3-4,8,11-12,14-15H2,1-2H3,(H,21,24). The van der Waals surface area contributed by atoms with Gasteiger partial charge in [0.25, 0.3) is 0 Å². The second kappa shape index (κ2) is 8.45. The first-order chi connectivity index (χ1) is 13.4. The maximum Gasteiger partial charge on any atom is 0.228 e. The number of carbonyl (C=O) groups excluding carboxylic acids is 1. The van der Waals surface area contributed by atoms with Crippen LogP contribution in [0.1, 0.15) is 32.4 Å². The van der Waals surface area contributed by atoms with Gasteiger partial charge in [0, 0.05) is 37.7 Å². The van der Waals surface area contributed by atoms with Gasteiger partial charge >= 0.3 is 0 Å². The van der Waals surface area contributed by atoms with E-state index < -0.39 is 15.4 Å². The molecule has 1 fully saturated rings. The highest BCUT2D eigenvalue weighted by Crippen LogP contribution is 2.36. The van der Waals surface area contributed by atoms with Crippen LogP contribution < -0.4 is 5.32 Å². The molecule has 0 aliphatic carbocycles. The second-order valence-corrected chi connectivity index (χ2v) is 9.46. The molecule has 0 saturated carbocycles. The van der Waals surface area contributed by atoms with E-state index in [0.29, 0.717) is 43.8 Å². The normalized spacial score (nSPS) is 20.8. The minimum absolute atomic E-state index is 0.0267. The van der Waals surface area contributed by atoms with Crippen molar-refractivity contribution in [2.75, 3.05) is 25.4 Å². The molecule has 7 nitrogen and oxygen atoms in total. The summed E-state index contributed by atoms with van der Waals surface area (Å²) in [7, 11) is -3.36. The maximum absolute atomic E-state index is 13.0. The molecule has 1 aliphatic heterocycles. The molecule has 8 heteroatoms. The average Bonchev–Trinajstić information content (AvgIpc) is 3.17. The molecule has 0 spiro atoms. The number of aromatic nitrogens is 1. The second-order valence-electron chi connectivity index (χ2n) is 7.20. The van der Waals surface area contributed by atoms with E-state index in [9.17, 15) is 13.2 Å². The number of piperidine rings is 1. The predicted octanol–water partition coefficient (Wildman–Crippen LogP) is 2.45. The van der Waals surface area contributed by atoms with Crippen LogP contribution in [0.3, 0.4) is 0 Å². The first-order valence-electron chi connectivity index (χ1n) is 9.67. The molecule has 1 saturated heterocycles. The molecule has 1 N–H and O–H groups in total. The summed E-state index contributed by atoms with van der Waals surface area (Å²) in [6, 6.07) is 11.5. The summed E-state index contributed by atoms with van der Waals surface area (Å²) in [6.07, 6.45) is 1.56.